The minimum atomic E-state index is -0.902. The van der Waals surface area contributed by atoms with Gasteiger partial charge in [0.1, 0.15) is 0 Å². The summed E-state index contributed by atoms with van der Waals surface area (Å²) in [5.41, 5.74) is 1.90. The van der Waals surface area contributed by atoms with E-state index in [9.17, 15) is 4.79 Å². The number of rotatable bonds is 1. The lowest BCUT2D eigenvalue weighted by Gasteiger charge is -2.01. The molecule has 0 spiro atoms. The molecule has 0 amide bonds. The van der Waals surface area contributed by atoms with E-state index >= 15 is 0 Å². The van der Waals surface area contributed by atoms with Crippen LogP contribution in [0.1, 0.15) is 15.9 Å². The van der Waals surface area contributed by atoms with Crippen molar-refractivity contribution in [2.45, 2.75) is 6.92 Å². The second-order valence-electron chi connectivity index (χ2n) is 2.82. The smallest absolute Gasteiger partial charge is 0.336 e. The number of hydrogen-bond acceptors (Lipinski definition) is 2. The number of aromatic carboxylic acids is 1. The third-order valence-corrected chi connectivity index (χ3v) is 2.07. The highest BCUT2D eigenvalue weighted by Gasteiger charge is 2.09. The van der Waals surface area contributed by atoms with Gasteiger partial charge in [0.2, 0.25) is 0 Å². The van der Waals surface area contributed by atoms with Crippen molar-refractivity contribution in [2.24, 2.45) is 0 Å². The molecule has 0 fully saturated rings. The fraction of sp³-hybridized carbons (Fsp3) is 0.111. The second-order valence-corrected chi connectivity index (χ2v) is 2.82. The number of fused-ring (bicyclic) bond motifs is 1. The maximum Gasteiger partial charge on any atom is 0.336 e. The lowest BCUT2D eigenvalue weighted by atomic mass is 10.1. The van der Waals surface area contributed by atoms with Crippen LogP contribution in [0.25, 0.3) is 5.52 Å². The van der Waals surface area contributed by atoms with E-state index in [1.807, 2.05) is 0 Å². The SMILES string of the molecule is Cc1c(C(=O)O)ccn2nccc12. The molecule has 0 bridgehead atoms. The van der Waals surface area contributed by atoms with Gasteiger partial charge in [-0.25, -0.2) is 9.31 Å². The fourth-order valence-corrected chi connectivity index (χ4v) is 1.37. The number of aryl methyl sites for hydroxylation is 1. The Morgan fingerprint density at radius 2 is 2.31 bits per heavy atom. The number of nitrogens with zero attached hydrogens (tertiary/aromatic N) is 2. The van der Waals surface area contributed by atoms with Gasteiger partial charge in [0.15, 0.2) is 0 Å². The van der Waals surface area contributed by atoms with Crippen LogP contribution in [0, 0.1) is 6.92 Å². The molecule has 0 aliphatic heterocycles. The summed E-state index contributed by atoms with van der Waals surface area (Å²) in [5, 5.41) is 12.8. The van der Waals surface area contributed by atoms with Crippen LogP contribution in [0.5, 0.6) is 0 Å². The van der Waals surface area contributed by atoms with E-state index in [2.05, 4.69) is 5.10 Å². The lowest BCUT2D eigenvalue weighted by molar-refractivity contribution is 0.0696. The highest BCUT2D eigenvalue weighted by molar-refractivity contribution is 5.91. The van der Waals surface area contributed by atoms with Crippen molar-refractivity contribution in [1.29, 1.82) is 0 Å². The first-order valence-electron chi connectivity index (χ1n) is 3.86. The van der Waals surface area contributed by atoms with Crippen LogP contribution >= 0.6 is 0 Å². The molecule has 2 heterocycles. The van der Waals surface area contributed by atoms with Crippen molar-refractivity contribution < 1.29 is 9.90 Å². The van der Waals surface area contributed by atoms with Gasteiger partial charge in [-0.3, -0.25) is 0 Å². The molecular formula is C9H8N2O2. The lowest BCUT2D eigenvalue weighted by Crippen LogP contribution is -2.02. The van der Waals surface area contributed by atoms with Crippen LogP contribution in [0.15, 0.2) is 24.5 Å². The van der Waals surface area contributed by atoms with Crippen molar-refractivity contribution in [2.75, 3.05) is 0 Å². The molecule has 0 saturated heterocycles. The van der Waals surface area contributed by atoms with E-state index in [1.165, 1.54) is 0 Å². The Kier molecular flexibility index (Phi) is 1.55. The summed E-state index contributed by atoms with van der Waals surface area (Å²) in [5.74, 6) is -0.902. The fourth-order valence-electron chi connectivity index (χ4n) is 1.37. The molecular weight excluding hydrogens is 168 g/mol. The quantitative estimate of drug-likeness (QED) is 0.713. The Balaban J connectivity index is 2.80. The Labute approximate surface area is 74.4 Å². The highest BCUT2D eigenvalue weighted by Crippen LogP contribution is 2.14. The molecule has 0 atom stereocenters. The van der Waals surface area contributed by atoms with Crippen LogP contribution in [-0.4, -0.2) is 20.7 Å². The van der Waals surface area contributed by atoms with Gasteiger partial charge in [0, 0.05) is 12.4 Å². The maximum atomic E-state index is 10.8. The normalized spacial score (nSPS) is 10.5. The number of carbonyl (C=O) groups is 1. The molecule has 13 heavy (non-hydrogen) atoms. The minimum absolute atomic E-state index is 0.327. The van der Waals surface area contributed by atoms with Gasteiger partial charge in [-0.05, 0) is 24.6 Å². The van der Waals surface area contributed by atoms with E-state index in [0.29, 0.717) is 5.56 Å². The summed E-state index contributed by atoms with van der Waals surface area (Å²) in [6.07, 6.45) is 3.29. The zero-order valence-electron chi connectivity index (χ0n) is 7.06. The largest absolute Gasteiger partial charge is 0.478 e. The number of carboxylic acids is 1. The van der Waals surface area contributed by atoms with Gasteiger partial charge in [-0.2, -0.15) is 5.10 Å². The predicted molar refractivity (Wildman–Crippen MR) is 46.9 cm³/mol. The van der Waals surface area contributed by atoms with Gasteiger partial charge in [0.25, 0.3) is 0 Å². The highest BCUT2D eigenvalue weighted by atomic mass is 16.4. The summed E-state index contributed by atoms with van der Waals surface area (Å²) in [6, 6.07) is 3.35. The Bertz CT molecular complexity index is 473. The minimum Gasteiger partial charge on any atom is -0.478 e. The van der Waals surface area contributed by atoms with Crippen LogP contribution in [0.2, 0.25) is 0 Å². The molecule has 2 rings (SSSR count). The third-order valence-electron chi connectivity index (χ3n) is 2.07. The van der Waals surface area contributed by atoms with Crippen LogP contribution in [0.3, 0.4) is 0 Å². The summed E-state index contributed by atoms with van der Waals surface area (Å²) >= 11 is 0. The first-order chi connectivity index (χ1) is 6.20. The molecule has 0 unspecified atom stereocenters. The number of pyridine rings is 1. The molecule has 0 saturated carbocycles. The van der Waals surface area contributed by atoms with Crippen molar-refractivity contribution in [3.63, 3.8) is 0 Å². The molecule has 66 valence electrons. The van der Waals surface area contributed by atoms with Gasteiger partial charge in [-0.1, -0.05) is 0 Å². The van der Waals surface area contributed by atoms with E-state index in [1.54, 1.807) is 36.0 Å². The van der Waals surface area contributed by atoms with Gasteiger partial charge >= 0.3 is 5.97 Å². The molecule has 0 radical (unpaired) electrons. The zero-order valence-corrected chi connectivity index (χ0v) is 7.06. The molecule has 0 aliphatic rings. The maximum absolute atomic E-state index is 10.8. The summed E-state index contributed by atoms with van der Waals surface area (Å²) < 4.78 is 1.65. The summed E-state index contributed by atoms with van der Waals surface area (Å²) in [6.45, 7) is 1.78. The van der Waals surface area contributed by atoms with Crippen molar-refractivity contribution in [3.8, 4) is 0 Å². The number of aromatic nitrogens is 2. The number of hydrogen-bond donors (Lipinski definition) is 1. The first-order valence-corrected chi connectivity index (χ1v) is 3.86. The van der Waals surface area contributed by atoms with E-state index in [-0.39, 0.29) is 0 Å². The van der Waals surface area contributed by atoms with E-state index in [0.717, 1.165) is 11.1 Å². The Morgan fingerprint density at radius 1 is 1.54 bits per heavy atom. The van der Waals surface area contributed by atoms with Gasteiger partial charge in [0.05, 0.1) is 11.1 Å². The molecule has 2 aromatic rings. The zero-order chi connectivity index (χ0) is 9.42. The predicted octanol–water partition coefficient (Wildman–Crippen LogP) is 1.34. The topological polar surface area (TPSA) is 54.6 Å². The summed E-state index contributed by atoms with van der Waals surface area (Å²) in [4.78, 5) is 10.8. The molecule has 1 N–H and O–H groups in total. The van der Waals surface area contributed by atoms with E-state index < -0.39 is 5.97 Å². The van der Waals surface area contributed by atoms with Gasteiger partial charge in [-0.15, -0.1) is 0 Å². The van der Waals surface area contributed by atoms with Crippen LogP contribution < -0.4 is 0 Å². The van der Waals surface area contributed by atoms with Crippen molar-refractivity contribution in [1.82, 2.24) is 9.61 Å². The Morgan fingerprint density at radius 3 is 3.00 bits per heavy atom. The average Bonchev–Trinajstić information content (AvgIpc) is 2.52. The van der Waals surface area contributed by atoms with Crippen molar-refractivity contribution >= 4 is 11.5 Å². The molecule has 0 aromatic carbocycles. The second kappa shape index (κ2) is 2.58. The van der Waals surface area contributed by atoms with Crippen LogP contribution in [0.4, 0.5) is 0 Å². The first kappa shape index (κ1) is 7.79. The van der Waals surface area contributed by atoms with E-state index in [4.69, 9.17) is 5.11 Å². The van der Waals surface area contributed by atoms with Crippen molar-refractivity contribution in [3.05, 3.63) is 35.7 Å². The molecule has 2 aromatic heterocycles. The molecule has 4 nitrogen and oxygen atoms in total. The number of carboxylic acid groups (broad SMARTS) is 1. The molecule has 4 heteroatoms. The summed E-state index contributed by atoms with van der Waals surface area (Å²) in [7, 11) is 0. The average molecular weight is 176 g/mol. The standard InChI is InChI=1S/C9H8N2O2/c1-6-7(9(12)13)3-5-11-8(6)2-4-10-11/h2-5H,1H3,(H,12,13). The third kappa shape index (κ3) is 1.07. The molecule has 0 aliphatic carbocycles. The van der Waals surface area contributed by atoms with Crippen LogP contribution in [-0.2, 0) is 0 Å². The monoisotopic (exact) mass is 176 g/mol. The Hall–Kier alpha value is -1.84. The van der Waals surface area contributed by atoms with Gasteiger partial charge < -0.3 is 5.11 Å².